The molecule has 4 nitrogen and oxygen atoms in total. The number of methoxy groups -OCH3 is 1. The molecular formula is C17H26BrNO3. The summed E-state index contributed by atoms with van der Waals surface area (Å²) in [5.74, 6) is 0. The number of nitrogens with zero attached hydrogens (tertiary/aromatic N) is 1. The van der Waals surface area contributed by atoms with E-state index in [2.05, 4.69) is 41.9 Å². The van der Waals surface area contributed by atoms with E-state index < -0.39 is 5.60 Å². The van der Waals surface area contributed by atoms with Crippen molar-refractivity contribution >= 4 is 22.0 Å². The standard InChI is InChI=1S/C17H26BrNO3/c1-12-9-14(18)10-13(2)15(12)11-19(7-8-21-6)16(20)22-17(3,4)5/h9-10H,7-8,11H2,1-6H3. The highest BCUT2D eigenvalue weighted by Crippen LogP contribution is 2.22. The Balaban J connectivity index is 2.96. The van der Waals surface area contributed by atoms with Gasteiger partial charge in [-0.3, -0.25) is 0 Å². The summed E-state index contributed by atoms with van der Waals surface area (Å²) < 4.78 is 11.7. The van der Waals surface area contributed by atoms with Crippen molar-refractivity contribution < 1.29 is 14.3 Å². The van der Waals surface area contributed by atoms with Crippen molar-refractivity contribution in [3.63, 3.8) is 0 Å². The molecule has 1 aromatic rings. The Bertz CT molecular complexity index is 500. The van der Waals surface area contributed by atoms with Crippen molar-refractivity contribution in [3.05, 3.63) is 33.3 Å². The van der Waals surface area contributed by atoms with Crippen LogP contribution in [0.2, 0.25) is 0 Å². The molecule has 0 aromatic heterocycles. The summed E-state index contributed by atoms with van der Waals surface area (Å²) >= 11 is 3.50. The first kappa shape index (κ1) is 19.0. The lowest BCUT2D eigenvalue weighted by atomic mass is 10.0. The summed E-state index contributed by atoms with van der Waals surface area (Å²) in [5.41, 5.74) is 2.94. The lowest BCUT2D eigenvalue weighted by molar-refractivity contribution is 0.0183. The number of rotatable bonds is 5. The number of carbonyl (C=O) groups is 1. The predicted octanol–water partition coefficient (Wildman–Crippen LogP) is 4.45. The number of hydrogen-bond donors (Lipinski definition) is 0. The number of halogens is 1. The summed E-state index contributed by atoms with van der Waals surface area (Å²) in [6.07, 6.45) is -0.314. The monoisotopic (exact) mass is 371 g/mol. The molecule has 1 amide bonds. The second kappa shape index (κ2) is 7.97. The van der Waals surface area contributed by atoms with Gasteiger partial charge in [-0.1, -0.05) is 15.9 Å². The molecule has 1 rings (SSSR count). The maximum absolute atomic E-state index is 12.4. The molecule has 0 radical (unpaired) electrons. The molecule has 124 valence electrons. The molecule has 0 spiro atoms. The molecule has 0 saturated carbocycles. The molecule has 0 fully saturated rings. The predicted molar refractivity (Wildman–Crippen MR) is 92.1 cm³/mol. The zero-order valence-electron chi connectivity index (χ0n) is 14.3. The van der Waals surface area contributed by atoms with Crippen LogP contribution >= 0.6 is 15.9 Å². The molecule has 0 unspecified atom stereocenters. The molecule has 0 N–H and O–H groups in total. The fraction of sp³-hybridized carbons (Fsp3) is 0.588. The van der Waals surface area contributed by atoms with E-state index in [1.54, 1.807) is 12.0 Å². The number of carbonyl (C=O) groups excluding carboxylic acids is 1. The number of aryl methyl sites for hydroxylation is 2. The van der Waals surface area contributed by atoms with Crippen LogP contribution in [0.3, 0.4) is 0 Å². The zero-order chi connectivity index (χ0) is 16.9. The zero-order valence-corrected chi connectivity index (χ0v) is 15.9. The molecular weight excluding hydrogens is 346 g/mol. The Kier molecular flexibility index (Phi) is 6.88. The smallest absolute Gasteiger partial charge is 0.410 e. The van der Waals surface area contributed by atoms with Crippen LogP contribution in [-0.4, -0.2) is 36.9 Å². The van der Waals surface area contributed by atoms with E-state index in [1.807, 2.05) is 20.8 Å². The van der Waals surface area contributed by atoms with Crippen LogP contribution in [0, 0.1) is 13.8 Å². The lowest BCUT2D eigenvalue weighted by Gasteiger charge is -2.28. The summed E-state index contributed by atoms with van der Waals surface area (Å²) in [6, 6.07) is 4.12. The average molecular weight is 372 g/mol. The fourth-order valence-electron chi connectivity index (χ4n) is 2.14. The second-order valence-electron chi connectivity index (χ2n) is 6.41. The van der Waals surface area contributed by atoms with Gasteiger partial charge in [0.05, 0.1) is 6.61 Å². The number of benzene rings is 1. The van der Waals surface area contributed by atoms with Crippen molar-refractivity contribution in [2.75, 3.05) is 20.3 Å². The first-order valence-corrected chi connectivity index (χ1v) is 8.16. The molecule has 0 heterocycles. The largest absolute Gasteiger partial charge is 0.444 e. The van der Waals surface area contributed by atoms with Crippen LogP contribution in [0.15, 0.2) is 16.6 Å². The van der Waals surface area contributed by atoms with Gasteiger partial charge in [0.25, 0.3) is 0 Å². The van der Waals surface area contributed by atoms with Crippen LogP contribution in [0.1, 0.15) is 37.5 Å². The normalized spacial score (nSPS) is 11.4. The SMILES string of the molecule is COCCN(Cc1c(C)cc(Br)cc1C)C(=O)OC(C)(C)C. The van der Waals surface area contributed by atoms with Crippen LogP contribution < -0.4 is 0 Å². The van der Waals surface area contributed by atoms with Crippen molar-refractivity contribution in [2.24, 2.45) is 0 Å². The Labute approximate surface area is 141 Å². The van der Waals surface area contributed by atoms with Crippen molar-refractivity contribution in [1.82, 2.24) is 4.90 Å². The minimum absolute atomic E-state index is 0.314. The third-order valence-electron chi connectivity index (χ3n) is 3.23. The van der Waals surface area contributed by atoms with E-state index >= 15 is 0 Å². The highest BCUT2D eigenvalue weighted by atomic mass is 79.9. The number of ether oxygens (including phenoxy) is 2. The Hall–Kier alpha value is -1.07. The van der Waals surface area contributed by atoms with Gasteiger partial charge in [-0.2, -0.15) is 0 Å². The fourth-order valence-corrected chi connectivity index (χ4v) is 2.83. The Morgan fingerprint density at radius 1 is 1.23 bits per heavy atom. The van der Waals surface area contributed by atoms with Gasteiger partial charge in [-0.15, -0.1) is 0 Å². The third kappa shape index (κ3) is 5.97. The summed E-state index contributed by atoms with van der Waals surface area (Å²) in [6.45, 7) is 11.2. The first-order chi connectivity index (χ1) is 10.1. The maximum atomic E-state index is 12.4. The van der Waals surface area contributed by atoms with E-state index in [9.17, 15) is 4.79 Å². The Morgan fingerprint density at radius 2 is 1.77 bits per heavy atom. The van der Waals surface area contributed by atoms with Crippen molar-refractivity contribution in [3.8, 4) is 0 Å². The van der Waals surface area contributed by atoms with Gasteiger partial charge in [0.1, 0.15) is 5.60 Å². The summed E-state index contributed by atoms with van der Waals surface area (Å²) in [4.78, 5) is 14.1. The highest BCUT2D eigenvalue weighted by molar-refractivity contribution is 9.10. The molecule has 5 heteroatoms. The number of amides is 1. The van der Waals surface area contributed by atoms with Gasteiger partial charge in [0, 0.05) is 24.7 Å². The van der Waals surface area contributed by atoms with Gasteiger partial charge in [0.15, 0.2) is 0 Å². The minimum atomic E-state index is -0.508. The molecule has 1 aromatic carbocycles. The Morgan fingerprint density at radius 3 is 2.23 bits per heavy atom. The van der Waals surface area contributed by atoms with Gasteiger partial charge in [-0.05, 0) is 63.4 Å². The van der Waals surface area contributed by atoms with Crippen LogP contribution in [0.25, 0.3) is 0 Å². The summed E-state index contributed by atoms with van der Waals surface area (Å²) in [7, 11) is 1.63. The van der Waals surface area contributed by atoms with Crippen molar-refractivity contribution in [2.45, 2.75) is 46.8 Å². The summed E-state index contributed by atoms with van der Waals surface area (Å²) in [5, 5.41) is 0. The second-order valence-corrected chi connectivity index (χ2v) is 7.33. The minimum Gasteiger partial charge on any atom is -0.444 e. The first-order valence-electron chi connectivity index (χ1n) is 7.36. The van der Waals surface area contributed by atoms with Crippen LogP contribution in [-0.2, 0) is 16.0 Å². The lowest BCUT2D eigenvalue weighted by Crippen LogP contribution is -2.38. The number of hydrogen-bond acceptors (Lipinski definition) is 3. The van der Waals surface area contributed by atoms with Crippen LogP contribution in [0.5, 0.6) is 0 Å². The van der Waals surface area contributed by atoms with Gasteiger partial charge >= 0.3 is 6.09 Å². The average Bonchev–Trinajstić information content (AvgIpc) is 2.34. The van der Waals surface area contributed by atoms with Gasteiger partial charge in [-0.25, -0.2) is 4.79 Å². The highest BCUT2D eigenvalue weighted by Gasteiger charge is 2.23. The molecule has 0 atom stereocenters. The molecule has 0 saturated heterocycles. The third-order valence-corrected chi connectivity index (χ3v) is 3.68. The van der Waals surface area contributed by atoms with E-state index in [0.29, 0.717) is 19.7 Å². The van der Waals surface area contributed by atoms with Gasteiger partial charge in [0.2, 0.25) is 0 Å². The molecule has 0 aliphatic heterocycles. The van der Waals surface area contributed by atoms with E-state index in [1.165, 1.54) is 0 Å². The maximum Gasteiger partial charge on any atom is 0.410 e. The topological polar surface area (TPSA) is 38.8 Å². The quantitative estimate of drug-likeness (QED) is 0.767. The van der Waals surface area contributed by atoms with E-state index in [4.69, 9.17) is 9.47 Å². The molecule has 0 aliphatic rings. The molecule has 22 heavy (non-hydrogen) atoms. The van der Waals surface area contributed by atoms with E-state index in [-0.39, 0.29) is 6.09 Å². The van der Waals surface area contributed by atoms with Crippen molar-refractivity contribution in [1.29, 1.82) is 0 Å². The van der Waals surface area contributed by atoms with E-state index in [0.717, 1.165) is 21.2 Å². The molecule has 0 aliphatic carbocycles. The van der Waals surface area contributed by atoms with Crippen LogP contribution in [0.4, 0.5) is 4.79 Å². The molecule has 0 bridgehead atoms. The van der Waals surface area contributed by atoms with Gasteiger partial charge < -0.3 is 14.4 Å².